The Kier molecular flexibility index (Phi) is 5.30. The van der Waals surface area contributed by atoms with Gasteiger partial charge in [-0.3, -0.25) is 9.69 Å². The van der Waals surface area contributed by atoms with Crippen LogP contribution in [0.5, 0.6) is 0 Å². The van der Waals surface area contributed by atoms with Crippen molar-refractivity contribution in [3.8, 4) is 0 Å². The van der Waals surface area contributed by atoms with Crippen molar-refractivity contribution in [1.82, 2.24) is 9.88 Å². The Balaban J connectivity index is 1.94. The van der Waals surface area contributed by atoms with E-state index in [1.165, 1.54) is 18.4 Å². The molecule has 1 fully saturated rings. The number of rotatable bonds is 5. The molecule has 0 bridgehead atoms. The fraction of sp³-hybridized carbons (Fsp3) is 0.643. The standard InChI is InChI=1S/C14H20N2O4S/c1-4-20-14(18)12-15-10(8-21-12)6-16-5-9(2)11(7-16)13(17)19-3/h8-9,11H,4-7H2,1-3H3. The summed E-state index contributed by atoms with van der Waals surface area (Å²) in [6.07, 6.45) is 0. The van der Waals surface area contributed by atoms with Crippen LogP contribution in [0.1, 0.15) is 29.3 Å². The second-order valence-electron chi connectivity index (χ2n) is 5.17. The zero-order valence-electron chi connectivity index (χ0n) is 12.5. The minimum absolute atomic E-state index is 0.0850. The first-order valence-corrected chi connectivity index (χ1v) is 7.84. The van der Waals surface area contributed by atoms with Gasteiger partial charge in [0.05, 0.1) is 25.3 Å². The lowest BCUT2D eigenvalue weighted by Crippen LogP contribution is -2.24. The Bertz CT molecular complexity index is 517. The Morgan fingerprint density at radius 3 is 2.90 bits per heavy atom. The molecular formula is C14H20N2O4S. The summed E-state index contributed by atoms with van der Waals surface area (Å²) >= 11 is 1.29. The molecule has 2 heterocycles. The quantitative estimate of drug-likeness (QED) is 0.769. The third kappa shape index (κ3) is 3.79. The zero-order chi connectivity index (χ0) is 15.4. The minimum atomic E-state index is -0.379. The number of hydrogen-bond donors (Lipinski definition) is 0. The number of likely N-dealkylation sites (tertiary alicyclic amines) is 1. The molecule has 1 aromatic rings. The van der Waals surface area contributed by atoms with Crippen molar-refractivity contribution in [2.75, 3.05) is 26.8 Å². The Morgan fingerprint density at radius 2 is 2.24 bits per heavy atom. The van der Waals surface area contributed by atoms with Gasteiger partial charge in [0.15, 0.2) is 0 Å². The fourth-order valence-electron chi connectivity index (χ4n) is 2.55. The van der Waals surface area contributed by atoms with Gasteiger partial charge in [0.25, 0.3) is 0 Å². The average molecular weight is 312 g/mol. The van der Waals surface area contributed by atoms with Crippen LogP contribution in [0.15, 0.2) is 5.38 Å². The average Bonchev–Trinajstić information content (AvgIpc) is 3.05. The molecule has 21 heavy (non-hydrogen) atoms. The van der Waals surface area contributed by atoms with Crippen molar-refractivity contribution in [2.24, 2.45) is 11.8 Å². The first-order valence-electron chi connectivity index (χ1n) is 6.96. The van der Waals surface area contributed by atoms with E-state index >= 15 is 0 Å². The molecule has 0 aliphatic carbocycles. The monoisotopic (exact) mass is 312 g/mol. The van der Waals surface area contributed by atoms with Gasteiger partial charge in [0, 0.05) is 25.0 Å². The number of esters is 2. The summed E-state index contributed by atoms with van der Waals surface area (Å²) in [5, 5.41) is 2.24. The van der Waals surface area contributed by atoms with Gasteiger partial charge in [0.2, 0.25) is 5.01 Å². The van der Waals surface area contributed by atoms with Crippen molar-refractivity contribution in [2.45, 2.75) is 20.4 Å². The van der Waals surface area contributed by atoms with Gasteiger partial charge in [-0.05, 0) is 12.8 Å². The highest BCUT2D eigenvalue weighted by molar-refractivity contribution is 7.11. The zero-order valence-corrected chi connectivity index (χ0v) is 13.3. The van der Waals surface area contributed by atoms with Gasteiger partial charge >= 0.3 is 11.9 Å². The van der Waals surface area contributed by atoms with Gasteiger partial charge in [-0.25, -0.2) is 9.78 Å². The van der Waals surface area contributed by atoms with E-state index in [-0.39, 0.29) is 23.8 Å². The third-order valence-electron chi connectivity index (χ3n) is 3.58. The lowest BCUT2D eigenvalue weighted by molar-refractivity contribution is -0.146. The number of aromatic nitrogens is 1. The number of thiazole rings is 1. The summed E-state index contributed by atoms with van der Waals surface area (Å²) in [6.45, 7) is 6.29. The second-order valence-corrected chi connectivity index (χ2v) is 6.02. The number of carbonyl (C=O) groups is 2. The molecule has 2 atom stereocenters. The third-order valence-corrected chi connectivity index (χ3v) is 4.45. The molecule has 1 aliphatic rings. The predicted molar refractivity (Wildman–Crippen MR) is 78.0 cm³/mol. The Labute approximate surface area is 128 Å². The molecule has 0 saturated carbocycles. The summed E-state index contributed by atoms with van der Waals surface area (Å²) in [5.41, 5.74) is 0.834. The van der Waals surface area contributed by atoms with Gasteiger partial charge in [-0.2, -0.15) is 0 Å². The van der Waals surface area contributed by atoms with E-state index in [0.29, 0.717) is 24.7 Å². The van der Waals surface area contributed by atoms with Crippen LogP contribution >= 0.6 is 11.3 Å². The molecule has 1 aliphatic heterocycles. The maximum atomic E-state index is 11.7. The highest BCUT2D eigenvalue weighted by atomic mass is 32.1. The van der Waals surface area contributed by atoms with Gasteiger partial charge in [-0.1, -0.05) is 6.92 Å². The molecule has 116 valence electrons. The lowest BCUT2D eigenvalue weighted by Gasteiger charge is -2.13. The van der Waals surface area contributed by atoms with Crippen LogP contribution in [0.2, 0.25) is 0 Å². The number of hydrogen-bond acceptors (Lipinski definition) is 7. The van der Waals surface area contributed by atoms with Crippen LogP contribution in [-0.2, 0) is 20.8 Å². The van der Waals surface area contributed by atoms with Crippen molar-refractivity contribution < 1.29 is 19.1 Å². The molecule has 7 heteroatoms. The van der Waals surface area contributed by atoms with Crippen molar-refractivity contribution in [3.05, 3.63) is 16.1 Å². The van der Waals surface area contributed by atoms with Crippen LogP contribution in [0, 0.1) is 11.8 Å². The fourth-order valence-corrected chi connectivity index (χ4v) is 3.25. The topological polar surface area (TPSA) is 68.7 Å². The molecule has 0 aromatic carbocycles. The second kappa shape index (κ2) is 7.00. The molecule has 0 spiro atoms. The van der Waals surface area contributed by atoms with E-state index in [4.69, 9.17) is 9.47 Å². The lowest BCUT2D eigenvalue weighted by atomic mass is 9.99. The van der Waals surface area contributed by atoms with Crippen LogP contribution in [0.25, 0.3) is 0 Å². The van der Waals surface area contributed by atoms with Gasteiger partial charge in [0.1, 0.15) is 0 Å². The molecular weight excluding hydrogens is 292 g/mol. The van der Waals surface area contributed by atoms with Crippen LogP contribution in [0.4, 0.5) is 0 Å². The molecule has 0 amide bonds. The van der Waals surface area contributed by atoms with Gasteiger partial charge < -0.3 is 9.47 Å². The first-order chi connectivity index (χ1) is 10.0. The van der Waals surface area contributed by atoms with E-state index < -0.39 is 0 Å². The molecule has 0 N–H and O–H groups in total. The van der Waals surface area contributed by atoms with Gasteiger partial charge in [-0.15, -0.1) is 11.3 Å². The smallest absolute Gasteiger partial charge is 0.367 e. The number of nitrogens with zero attached hydrogens (tertiary/aromatic N) is 2. The largest absolute Gasteiger partial charge is 0.469 e. The number of methoxy groups -OCH3 is 1. The summed E-state index contributed by atoms with van der Waals surface area (Å²) < 4.78 is 9.75. The summed E-state index contributed by atoms with van der Waals surface area (Å²) in [6, 6.07) is 0. The van der Waals surface area contributed by atoms with E-state index in [1.807, 2.05) is 12.3 Å². The highest BCUT2D eigenvalue weighted by Gasteiger charge is 2.35. The number of carbonyl (C=O) groups excluding carboxylic acids is 2. The molecule has 2 unspecified atom stereocenters. The minimum Gasteiger partial charge on any atom is -0.469 e. The van der Waals surface area contributed by atoms with E-state index in [0.717, 1.165) is 12.2 Å². The van der Waals surface area contributed by atoms with E-state index in [2.05, 4.69) is 9.88 Å². The normalized spacial score (nSPS) is 22.2. The predicted octanol–water partition coefficient (Wildman–Crippen LogP) is 1.56. The van der Waals surface area contributed by atoms with Crippen LogP contribution in [0.3, 0.4) is 0 Å². The van der Waals surface area contributed by atoms with E-state index in [1.54, 1.807) is 6.92 Å². The maximum absolute atomic E-state index is 11.7. The SMILES string of the molecule is CCOC(=O)c1nc(CN2CC(C)C(C(=O)OC)C2)cs1. The summed E-state index contributed by atoms with van der Waals surface area (Å²) in [5.74, 6) is -0.356. The molecule has 0 radical (unpaired) electrons. The van der Waals surface area contributed by atoms with Crippen LogP contribution in [-0.4, -0.2) is 48.6 Å². The summed E-state index contributed by atoms with van der Waals surface area (Å²) in [7, 11) is 1.42. The summed E-state index contributed by atoms with van der Waals surface area (Å²) in [4.78, 5) is 29.7. The van der Waals surface area contributed by atoms with Crippen molar-refractivity contribution >= 4 is 23.3 Å². The number of ether oxygens (including phenoxy) is 2. The molecule has 2 rings (SSSR count). The Morgan fingerprint density at radius 1 is 1.48 bits per heavy atom. The van der Waals surface area contributed by atoms with Crippen LogP contribution < -0.4 is 0 Å². The molecule has 1 aromatic heterocycles. The molecule has 6 nitrogen and oxygen atoms in total. The maximum Gasteiger partial charge on any atom is 0.367 e. The van der Waals surface area contributed by atoms with Crippen molar-refractivity contribution in [1.29, 1.82) is 0 Å². The molecule has 1 saturated heterocycles. The van der Waals surface area contributed by atoms with E-state index in [9.17, 15) is 9.59 Å². The highest BCUT2D eigenvalue weighted by Crippen LogP contribution is 2.25. The Hall–Kier alpha value is -1.47. The van der Waals surface area contributed by atoms with Crippen molar-refractivity contribution in [3.63, 3.8) is 0 Å². The first kappa shape index (κ1) is 15.9.